The Hall–Kier alpha value is -3.30. The largest absolute Gasteiger partial charge is 0.480 e. The average molecular weight is 475 g/mol. The number of H-pyrrole nitrogens is 1. The third-order valence-electron chi connectivity index (χ3n) is 4.55. The molecule has 0 aliphatic heterocycles. The molecule has 0 radical (unpaired) electrons. The lowest BCUT2D eigenvalue weighted by molar-refractivity contribution is -0.139. The number of thioether (sulfide) groups is 1. The smallest absolute Gasteiger partial charge is 0.326 e. The fourth-order valence-electron chi connectivity index (χ4n) is 2.99. The van der Waals surface area contributed by atoms with Crippen LogP contribution in [0.2, 0.25) is 0 Å². The Morgan fingerprint density at radius 1 is 1.12 bits per heavy atom. The number of aromatic nitrogens is 2. The number of aromatic amines is 1. The number of carbonyl (C=O) groups excluding carboxylic acids is 2. The van der Waals surface area contributed by atoms with Gasteiger partial charge in [0.15, 0.2) is 0 Å². The second-order valence-electron chi connectivity index (χ2n) is 6.68. The molecule has 8 nitrogen and oxygen atoms in total. The summed E-state index contributed by atoms with van der Waals surface area (Å²) in [5.74, 6) is -1.34. The normalized spacial score (nSPS) is 11.2. The van der Waals surface area contributed by atoms with E-state index in [2.05, 4.69) is 20.6 Å². The van der Waals surface area contributed by atoms with E-state index in [1.807, 2.05) is 36.6 Å². The maximum Gasteiger partial charge on any atom is 0.326 e. The molecule has 0 aliphatic rings. The van der Waals surface area contributed by atoms with Gasteiger partial charge in [0.1, 0.15) is 11.7 Å². The minimum absolute atomic E-state index is 0. The molecule has 168 valence electrons. The van der Waals surface area contributed by atoms with Gasteiger partial charge >= 0.3 is 5.97 Å². The van der Waals surface area contributed by atoms with Gasteiger partial charge in [0.05, 0.1) is 6.33 Å². The van der Waals surface area contributed by atoms with Crippen molar-refractivity contribution in [1.82, 2.24) is 15.3 Å². The number of anilines is 1. The standard InChI is InChI=1S/C22H22N4O4S.ClH/c1-31-10-9-18(22(29)30)26-20(27)16-8-7-15(25-21(28)19-12-23-13-24-19)11-17(16)14-5-3-2-4-6-14;/h2-8,11-13,18H,9-10H2,1H3,(H,23,24)(H,25,28)(H,26,27)(H,29,30);1H/t18-;/m0./s1. The molecule has 1 atom stereocenters. The van der Waals surface area contributed by atoms with Gasteiger partial charge in [-0.15, -0.1) is 12.4 Å². The van der Waals surface area contributed by atoms with E-state index < -0.39 is 17.9 Å². The minimum Gasteiger partial charge on any atom is -0.480 e. The Kier molecular flexibility index (Phi) is 9.30. The van der Waals surface area contributed by atoms with Crippen LogP contribution in [0.25, 0.3) is 11.1 Å². The van der Waals surface area contributed by atoms with Crippen molar-refractivity contribution in [3.63, 3.8) is 0 Å². The van der Waals surface area contributed by atoms with Crippen LogP contribution in [-0.4, -0.2) is 50.9 Å². The maximum atomic E-state index is 13.0. The summed E-state index contributed by atoms with van der Waals surface area (Å²) in [6, 6.07) is 13.1. The van der Waals surface area contributed by atoms with Gasteiger partial charge in [-0.2, -0.15) is 11.8 Å². The average Bonchev–Trinajstić information content (AvgIpc) is 3.32. The monoisotopic (exact) mass is 474 g/mol. The molecule has 4 N–H and O–H groups in total. The van der Waals surface area contributed by atoms with E-state index >= 15 is 0 Å². The molecule has 0 fully saturated rings. The molecule has 0 aliphatic carbocycles. The van der Waals surface area contributed by atoms with E-state index in [-0.39, 0.29) is 24.0 Å². The Bertz CT molecular complexity index is 1060. The van der Waals surface area contributed by atoms with Crippen molar-refractivity contribution in [3.05, 3.63) is 72.3 Å². The highest BCUT2D eigenvalue weighted by atomic mass is 35.5. The first-order chi connectivity index (χ1) is 15.0. The SMILES string of the molecule is CSCC[C@H](NC(=O)c1ccc(NC(=O)c2c[nH]cn2)cc1-c1ccccc1)C(=O)O.Cl. The molecule has 0 unspecified atom stereocenters. The van der Waals surface area contributed by atoms with Crippen molar-refractivity contribution < 1.29 is 19.5 Å². The maximum absolute atomic E-state index is 13.0. The summed E-state index contributed by atoms with van der Waals surface area (Å²) < 4.78 is 0. The van der Waals surface area contributed by atoms with Crippen molar-refractivity contribution in [2.75, 3.05) is 17.3 Å². The Labute approximate surface area is 195 Å². The molecule has 2 amide bonds. The van der Waals surface area contributed by atoms with Gasteiger partial charge in [0, 0.05) is 17.4 Å². The van der Waals surface area contributed by atoms with Gasteiger partial charge in [-0.1, -0.05) is 30.3 Å². The van der Waals surface area contributed by atoms with E-state index in [1.165, 1.54) is 24.3 Å². The van der Waals surface area contributed by atoms with Crippen LogP contribution >= 0.6 is 24.2 Å². The van der Waals surface area contributed by atoms with Gasteiger partial charge in [-0.3, -0.25) is 9.59 Å². The molecule has 3 aromatic rings. The predicted molar refractivity (Wildman–Crippen MR) is 128 cm³/mol. The zero-order chi connectivity index (χ0) is 22.2. The molecule has 3 rings (SSSR count). The lowest BCUT2D eigenvalue weighted by Crippen LogP contribution is -2.41. The van der Waals surface area contributed by atoms with Gasteiger partial charge in [-0.25, -0.2) is 9.78 Å². The number of nitrogens with zero attached hydrogens (tertiary/aromatic N) is 1. The number of benzene rings is 2. The molecule has 1 heterocycles. The molecule has 0 bridgehead atoms. The fourth-order valence-corrected chi connectivity index (χ4v) is 3.46. The van der Waals surface area contributed by atoms with Crippen molar-refractivity contribution in [3.8, 4) is 11.1 Å². The summed E-state index contributed by atoms with van der Waals surface area (Å²) in [6.07, 6.45) is 5.09. The van der Waals surface area contributed by atoms with Crippen LogP contribution in [0.15, 0.2) is 61.1 Å². The second-order valence-corrected chi connectivity index (χ2v) is 7.67. The van der Waals surface area contributed by atoms with Crippen molar-refractivity contribution in [1.29, 1.82) is 0 Å². The van der Waals surface area contributed by atoms with Gasteiger partial charge < -0.3 is 20.7 Å². The van der Waals surface area contributed by atoms with Gasteiger partial charge in [0.2, 0.25) is 0 Å². The summed E-state index contributed by atoms with van der Waals surface area (Å²) in [4.78, 5) is 43.5. The number of carboxylic acid groups (broad SMARTS) is 1. The van der Waals surface area contributed by atoms with Crippen LogP contribution in [0.3, 0.4) is 0 Å². The summed E-state index contributed by atoms with van der Waals surface area (Å²) in [5, 5.41) is 14.8. The van der Waals surface area contributed by atoms with Crippen molar-refractivity contribution >= 4 is 47.6 Å². The molecule has 32 heavy (non-hydrogen) atoms. The topological polar surface area (TPSA) is 124 Å². The van der Waals surface area contributed by atoms with E-state index in [9.17, 15) is 19.5 Å². The van der Waals surface area contributed by atoms with Crippen LogP contribution in [0.1, 0.15) is 27.3 Å². The second kappa shape index (κ2) is 11.9. The summed E-state index contributed by atoms with van der Waals surface area (Å²) >= 11 is 1.51. The van der Waals surface area contributed by atoms with Crippen LogP contribution in [0.4, 0.5) is 5.69 Å². The third kappa shape index (κ3) is 6.35. The highest BCUT2D eigenvalue weighted by molar-refractivity contribution is 7.98. The zero-order valence-electron chi connectivity index (χ0n) is 17.2. The molecule has 0 spiro atoms. The summed E-state index contributed by atoms with van der Waals surface area (Å²) in [6.45, 7) is 0. The van der Waals surface area contributed by atoms with Crippen LogP contribution < -0.4 is 10.6 Å². The molecular formula is C22H23ClN4O4S. The van der Waals surface area contributed by atoms with E-state index in [1.54, 1.807) is 18.2 Å². The minimum atomic E-state index is -1.08. The number of hydrogen-bond donors (Lipinski definition) is 4. The van der Waals surface area contributed by atoms with Crippen molar-refractivity contribution in [2.24, 2.45) is 0 Å². The van der Waals surface area contributed by atoms with E-state index in [4.69, 9.17) is 0 Å². The quantitative estimate of drug-likeness (QED) is 0.375. The highest BCUT2D eigenvalue weighted by Gasteiger charge is 2.22. The Balaban J connectivity index is 0.00000363. The highest BCUT2D eigenvalue weighted by Crippen LogP contribution is 2.27. The van der Waals surface area contributed by atoms with Crippen molar-refractivity contribution in [2.45, 2.75) is 12.5 Å². The Morgan fingerprint density at radius 3 is 2.50 bits per heavy atom. The molecule has 0 saturated carbocycles. The molecular weight excluding hydrogens is 452 g/mol. The number of rotatable bonds is 9. The number of hydrogen-bond acceptors (Lipinski definition) is 5. The molecule has 0 saturated heterocycles. The number of carbonyl (C=O) groups is 3. The van der Waals surface area contributed by atoms with Crippen LogP contribution in [0.5, 0.6) is 0 Å². The lowest BCUT2D eigenvalue weighted by Gasteiger charge is -2.17. The first-order valence-corrected chi connectivity index (χ1v) is 10.9. The number of halogens is 1. The third-order valence-corrected chi connectivity index (χ3v) is 5.20. The number of aliphatic carboxylic acids is 1. The lowest BCUT2D eigenvalue weighted by atomic mass is 9.98. The van der Waals surface area contributed by atoms with Crippen LogP contribution in [-0.2, 0) is 4.79 Å². The molecule has 2 aromatic carbocycles. The fraction of sp³-hybridized carbons (Fsp3) is 0.182. The molecule has 10 heteroatoms. The predicted octanol–water partition coefficient (Wildman–Crippen LogP) is 3.69. The number of amides is 2. The van der Waals surface area contributed by atoms with Gasteiger partial charge in [-0.05, 0) is 47.8 Å². The molecule has 1 aromatic heterocycles. The summed E-state index contributed by atoms with van der Waals surface area (Å²) in [5.41, 5.74) is 2.38. The van der Waals surface area contributed by atoms with E-state index in [0.29, 0.717) is 29.0 Å². The van der Waals surface area contributed by atoms with Gasteiger partial charge in [0.25, 0.3) is 11.8 Å². The number of imidazole rings is 1. The van der Waals surface area contributed by atoms with E-state index in [0.717, 1.165) is 5.56 Å². The zero-order valence-corrected chi connectivity index (χ0v) is 18.8. The summed E-state index contributed by atoms with van der Waals surface area (Å²) in [7, 11) is 0. The first-order valence-electron chi connectivity index (χ1n) is 9.52. The number of carboxylic acids is 1. The number of nitrogens with one attached hydrogen (secondary N) is 3. The van der Waals surface area contributed by atoms with Crippen LogP contribution in [0, 0.1) is 0 Å². The Morgan fingerprint density at radius 2 is 1.88 bits per heavy atom. The first kappa shape index (κ1) is 25.0.